The van der Waals surface area contributed by atoms with Crippen molar-refractivity contribution < 1.29 is 4.79 Å². The lowest BCUT2D eigenvalue weighted by Crippen LogP contribution is -2.46. The number of rotatable bonds is 7. The molecule has 0 saturated heterocycles. The second-order valence-electron chi connectivity index (χ2n) is 5.93. The molecule has 0 radical (unpaired) electrons. The van der Waals surface area contributed by atoms with Gasteiger partial charge in [0.1, 0.15) is 11.6 Å². The molecule has 6 nitrogen and oxygen atoms in total. The van der Waals surface area contributed by atoms with E-state index in [9.17, 15) is 4.79 Å². The number of nitrogens with one attached hydrogen (secondary N) is 2. The van der Waals surface area contributed by atoms with Crippen molar-refractivity contribution in [1.82, 2.24) is 25.4 Å². The molecule has 0 bridgehead atoms. The summed E-state index contributed by atoms with van der Waals surface area (Å²) in [4.78, 5) is 11.9. The number of thioether (sulfide) groups is 1. The van der Waals surface area contributed by atoms with Crippen molar-refractivity contribution in [3.8, 4) is 0 Å². The van der Waals surface area contributed by atoms with Gasteiger partial charge in [-0.15, -0.1) is 10.2 Å². The number of hydrogen-bond acceptors (Lipinski definition) is 4. The molecule has 0 aromatic carbocycles. The number of nitrogens with zero attached hydrogens (tertiary/aromatic N) is 3. The minimum atomic E-state index is -0.0610. The van der Waals surface area contributed by atoms with E-state index in [1.54, 1.807) is 0 Å². The van der Waals surface area contributed by atoms with Gasteiger partial charge in [-0.25, -0.2) is 4.79 Å². The van der Waals surface area contributed by atoms with Crippen molar-refractivity contribution in [2.45, 2.75) is 58.5 Å². The maximum atomic E-state index is 11.9. The maximum absolute atomic E-state index is 11.9. The number of fused-ring (bicyclic) bond motifs is 1. The van der Waals surface area contributed by atoms with Crippen LogP contribution in [0.2, 0.25) is 0 Å². The number of carbonyl (C=O) groups excluding carboxylic acids is 1. The minimum absolute atomic E-state index is 0.0610. The van der Waals surface area contributed by atoms with Crippen LogP contribution < -0.4 is 10.6 Å². The zero-order valence-electron chi connectivity index (χ0n) is 13.8. The summed E-state index contributed by atoms with van der Waals surface area (Å²) in [5, 5.41) is 14.5. The van der Waals surface area contributed by atoms with Crippen molar-refractivity contribution in [3.05, 3.63) is 11.6 Å². The third kappa shape index (κ3) is 4.63. The van der Waals surface area contributed by atoms with E-state index < -0.39 is 0 Å². The van der Waals surface area contributed by atoms with Gasteiger partial charge in [-0.05, 0) is 24.3 Å². The zero-order valence-corrected chi connectivity index (χ0v) is 14.6. The van der Waals surface area contributed by atoms with Gasteiger partial charge >= 0.3 is 6.03 Å². The van der Waals surface area contributed by atoms with Crippen LogP contribution in [0.1, 0.15) is 51.2 Å². The Kier molecular flexibility index (Phi) is 6.54. The highest BCUT2D eigenvalue weighted by atomic mass is 32.2. The summed E-state index contributed by atoms with van der Waals surface area (Å²) < 4.78 is 2.16. The van der Waals surface area contributed by atoms with E-state index in [0.717, 1.165) is 55.5 Å². The second-order valence-corrected chi connectivity index (χ2v) is 7.32. The Hall–Kier alpha value is -1.24. The third-order valence-electron chi connectivity index (χ3n) is 3.78. The van der Waals surface area contributed by atoms with E-state index >= 15 is 0 Å². The average molecular weight is 325 g/mol. The quantitative estimate of drug-likeness (QED) is 0.754. The SMILES string of the molecule is CCSCCCNC(=O)N[C@H]1CCc2nnc(C(C)C)n2C1. The van der Waals surface area contributed by atoms with Gasteiger partial charge < -0.3 is 15.2 Å². The molecular formula is C15H27N5OS. The van der Waals surface area contributed by atoms with Crippen molar-refractivity contribution in [2.75, 3.05) is 18.1 Å². The highest BCUT2D eigenvalue weighted by molar-refractivity contribution is 7.99. The predicted octanol–water partition coefficient (Wildman–Crippen LogP) is 2.16. The lowest BCUT2D eigenvalue weighted by atomic mass is 10.1. The van der Waals surface area contributed by atoms with E-state index in [2.05, 4.69) is 46.2 Å². The molecule has 124 valence electrons. The molecule has 0 spiro atoms. The summed E-state index contributed by atoms with van der Waals surface area (Å²) in [5.41, 5.74) is 0. The maximum Gasteiger partial charge on any atom is 0.315 e. The standard InChI is InChI=1S/C15H27N5OS/c1-4-22-9-5-8-16-15(21)17-12-6-7-13-18-19-14(11(2)3)20(13)10-12/h11-12H,4-10H2,1-3H3,(H2,16,17,21)/t12-/m0/s1. The fourth-order valence-corrected chi connectivity index (χ4v) is 3.29. The van der Waals surface area contributed by atoms with Crippen LogP contribution in [0.4, 0.5) is 4.79 Å². The number of hydrogen-bond donors (Lipinski definition) is 2. The van der Waals surface area contributed by atoms with Gasteiger partial charge in [0, 0.05) is 31.5 Å². The summed E-state index contributed by atoms with van der Waals surface area (Å²) in [6, 6.07) is 0.0973. The van der Waals surface area contributed by atoms with E-state index in [1.165, 1.54) is 0 Å². The van der Waals surface area contributed by atoms with Crippen LogP contribution in [0.3, 0.4) is 0 Å². The van der Waals surface area contributed by atoms with Crippen LogP contribution >= 0.6 is 11.8 Å². The van der Waals surface area contributed by atoms with Gasteiger partial charge in [-0.2, -0.15) is 11.8 Å². The highest BCUT2D eigenvalue weighted by Gasteiger charge is 2.24. The Morgan fingerprint density at radius 2 is 2.27 bits per heavy atom. The number of amides is 2. The molecule has 0 saturated carbocycles. The smallest absolute Gasteiger partial charge is 0.315 e. The first kappa shape index (κ1) is 17.1. The molecule has 0 aliphatic carbocycles. The minimum Gasteiger partial charge on any atom is -0.338 e. The molecule has 2 amide bonds. The van der Waals surface area contributed by atoms with E-state index in [0.29, 0.717) is 5.92 Å². The van der Waals surface area contributed by atoms with Crippen LogP contribution in [0, 0.1) is 0 Å². The Morgan fingerprint density at radius 1 is 1.45 bits per heavy atom. The Balaban J connectivity index is 1.77. The van der Waals surface area contributed by atoms with E-state index in [-0.39, 0.29) is 12.1 Å². The Labute approximate surface area is 136 Å². The average Bonchev–Trinajstić information content (AvgIpc) is 2.90. The van der Waals surface area contributed by atoms with Gasteiger partial charge in [-0.3, -0.25) is 0 Å². The van der Waals surface area contributed by atoms with Crippen molar-refractivity contribution in [3.63, 3.8) is 0 Å². The summed E-state index contributed by atoms with van der Waals surface area (Å²) in [6.45, 7) is 7.90. The van der Waals surface area contributed by atoms with Crippen LogP contribution in [0.25, 0.3) is 0 Å². The van der Waals surface area contributed by atoms with Gasteiger partial charge in [0.05, 0.1) is 0 Å². The molecular weight excluding hydrogens is 298 g/mol. The lowest BCUT2D eigenvalue weighted by molar-refractivity contribution is 0.232. The number of aryl methyl sites for hydroxylation is 1. The van der Waals surface area contributed by atoms with Gasteiger partial charge in [0.25, 0.3) is 0 Å². The third-order valence-corrected chi connectivity index (χ3v) is 4.77. The summed E-state index contributed by atoms with van der Waals surface area (Å²) in [7, 11) is 0. The van der Waals surface area contributed by atoms with Crippen molar-refractivity contribution in [2.24, 2.45) is 0 Å². The first-order chi connectivity index (χ1) is 10.6. The van der Waals surface area contributed by atoms with Crippen LogP contribution in [0.5, 0.6) is 0 Å². The fraction of sp³-hybridized carbons (Fsp3) is 0.800. The van der Waals surface area contributed by atoms with E-state index in [4.69, 9.17) is 0 Å². The molecule has 0 fully saturated rings. The lowest BCUT2D eigenvalue weighted by Gasteiger charge is -2.26. The first-order valence-corrected chi connectivity index (χ1v) is 9.31. The molecule has 2 N–H and O–H groups in total. The summed E-state index contributed by atoms with van der Waals surface area (Å²) in [6.07, 6.45) is 2.82. The molecule has 1 aliphatic rings. The highest BCUT2D eigenvalue weighted by Crippen LogP contribution is 2.19. The van der Waals surface area contributed by atoms with Gasteiger partial charge in [-0.1, -0.05) is 20.8 Å². The van der Waals surface area contributed by atoms with E-state index in [1.807, 2.05) is 11.8 Å². The van der Waals surface area contributed by atoms with Gasteiger partial charge in [0.15, 0.2) is 0 Å². The first-order valence-electron chi connectivity index (χ1n) is 8.15. The fourth-order valence-electron chi connectivity index (χ4n) is 2.65. The normalized spacial score (nSPS) is 17.4. The van der Waals surface area contributed by atoms with Crippen LogP contribution in [-0.2, 0) is 13.0 Å². The topological polar surface area (TPSA) is 71.8 Å². The molecule has 1 aromatic rings. The second kappa shape index (κ2) is 8.41. The largest absolute Gasteiger partial charge is 0.338 e. The summed E-state index contributed by atoms with van der Waals surface area (Å²) in [5.74, 6) is 4.64. The van der Waals surface area contributed by atoms with Crippen LogP contribution in [-0.4, -0.2) is 44.9 Å². The Bertz CT molecular complexity index is 488. The molecule has 2 rings (SSSR count). The molecule has 2 heterocycles. The molecule has 0 unspecified atom stereocenters. The Morgan fingerprint density at radius 3 is 3.00 bits per heavy atom. The monoisotopic (exact) mass is 325 g/mol. The predicted molar refractivity (Wildman–Crippen MR) is 90.4 cm³/mol. The van der Waals surface area contributed by atoms with Crippen LogP contribution in [0.15, 0.2) is 0 Å². The number of aromatic nitrogens is 3. The number of urea groups is 1. The number of carbonyl (C=O) groups is 1. The zero-order chi connectivity index (χ0) is 15.9. The molecule has 1 aliphatic heterocycles. The molecule has 22 heavy (non-hydrogen) atoms. The van der Waals surface area contributed by atoms with Crippen molar-refractivity contribution in [1.29, 1.82) is 0 Å². The summed E-state index contributed by atoms with van der Waals surface area (Å²) >= 11 is 1.90. The molecule has 1 atom stereocenters. The molecule has 1 aromatic heterocycles. The molecule has 7 heteroatoms. The van der Waals surface area contributed by atoms with Crippen molar-refractivity contribution >= 4 is 17.8 Å². The van der Waals surface area contributed by atoms with Gasteiger partial charge in [0.2, 0.25) is 0 Å².